The molecule has 0 bridgehead atoms. The molecular weight excluding hydrogens is 405 g/mol. The molecule has 3 unspecified atom stereocenters. The fourth-order valence-electron chi connectivity index (χ4n) is 4.32. The predicted molar refractivity (Wildman–Crippen MR) is 125 cm³/mol. The number of aliphatic hydroxyl groups is 1. The van der Waals surface area contributed by atoms with Gasteiger partial charge >= 0.3 is 13.6 Å². The molecule has 1 aliphatic heterocycles. The summed E-state index contributed by atoms with van der Waals surface area (Å²) < 4.78 is 11.6. The monoisotopic (exact) mass is 440 g/mol. The minimum Gasteiger partial charge on any atom is -0.444 e. The second-order valence-corrected chi connectivity index (χ2v) is 11.6. The van der Waals surface area contributed by atoms with Crippen LogP contribution in [-0.2, 0) is 9.39 Å². The zero-order chi connectivity index (χ0) is 23.7. The van der Waals surface area contributed by atoms with E-state index in [0.717, 1.165) is 35.2 Å². The molecule has 1 aromatic heterocycles. The number of carbonyl (C=O) groups excluding carboxylic acids is 1. The normalized spacial score (nSPS) is 25.7. The van der Waals surface area contributed by atoms with Gasteiger partial charge in [0.15, 0.2) is 0 Å². The first kappa shape index (κ1) is 23.1. The molecule has 2 aromatic rings. The lowest BCUT2D eigenvalue weighted by Crippen LogP contribution is -2.49. The van der Waals surface area contributed by atoms with Crippen molar-refractivity contribution in [2.24, 2.45) is 5.92 Å². The largest absolute Gasteiger partial charge is 0.444 e. The molecule has 1 amide bonds. The van der Waals surface area contributed by atoms with Crippen LogP contribution in [0.25, 0.3) is 11.0 Å². The highest BCUT2D eigenvalue weighted by Gasteiger charge is 2.65. The Morgan fingerprint density at radius 1 is 1.25 bits per heavy atom. The summed E-state index contributed by atoms with van der Waals surface area (Å²) in [5, 5.41) is 10.3. The number of aromatic nitrogens is 2. The molecule has 4 rings (SSSR count). The van der Waals surface area contributed by atoms with Crippen molar-refractivity contribution >= 4 is 30.1 Å². The Hall–Kier alpha value is -2.06. The maximum atomic E-state index is 13.0. The molecule has 1 saturated heterocycles. The van der Waals surface area contributed by atoms with E-state index in [1.54, 1.807) is 21.3 Å². The molecule has 32 heavy (non-hydrogen) atoms. The Kier molecular flexibility index (Phi) is 5.22. The molecule has 1 aromatic carbocycles. The average molecular weight is 440 g/mol. The SMILES string of the molecule is CC(C)(C)OC(=O)N1C(c2nc3ccc([B]OC(C)(C)C(C)(C)O)cc3[nH]2)CC2CC21C. The van der Waals surface area contributed by atoms with Gasteiger partial charge in [-0.3, -0.25) is 4.90 Å². The Bertz CT molecular complexity index is 1040. The van der Waals surface area contributed by atoms with Crippen LogP contribution in [0.3, 0.4) is 0 Å². The minimum atomic E-state index is -0.987. The number of piperidine rings is 1. The number of amides is 1. The number of imidazole rings is 1. The van der Waals surface area contributed by atoms with E-state index >= 15 is 0 Å². The van der Waals surface area contributed by atoms with E-state index in [-0.39, 0.29) is 17.7 Å². The van der Waals surface area contributed by atoms with Crippen LogP contribution in [0, 0.1) is 5.92 Å². The predicted octanol–water partition coefficient (Wildman–Crippen LogP) is 3.83. The van der Waals surface area contributed by atoms with E-state index in [1.165, 1.54) is 0 Å². The number of carbonyl (C=O) groups is 1. The minimum absolute atomic E-state index is 0.126. The van der Waals surface area contributed by atoms with Crippen LogP contribution in [0.15, 0.2) is 18.2 Å². The van der Waals surface area contributed by atoms with Gasteiger partial charge in [0.05, 0.1) is 28.3 Å². The molecule has 1 radical (unpaired) electrons. The third-order valence-corrected chi connectivity index (χ3v) is 7.14. The number of benzene rings is 1. The van der Waals surface area contributed by atoms with Crippen molar-refractivity contribution in [1.29, 1.82) is 0 Å². The molecule has 2 fully saturated rings. The van der Waals surface area contributed by atoms with Gasteiger partial charge in [0.1, 0.15) is 11.4 Å². The lowest BCUT2D eigenvalue weighted by molar-refractivity contribution is -0.0893. The van der Waals surface area contributed by atoms with Crippen LogP contribution >= 0.6 is 0 Å². The van der Waals surface area contributed by atoms with Gasteiger partial charge < -0.3 is 19.5 Å². The highest BCUT2D eigenvalue weighted by atomic mass is 16.6. The third-order valence-electron chi connectivity index (χ3n) is 7.14. The van der Waals surface area contributed by atoms with Crippen molar-refractivity contribution < 1.29 is 19.3 Å². The number of aromatic amines is 1. The number of likely N-dealkylation sites (tertiary alicyclic amines) is 1. The van der Waals surface area contributed by atoms with Crippen LogP contribution in [0.5, 0.6) is 0 Å². The summed E-state index contributed by atoms with van der Waals surface area (Å²) in [4.78, 5) is 23.2. The molecule has 2 aliphatic rings. The number of nitrogens with zero attached hydrogens (tertiary/aromatic N) is 2. The number of hydrogen-bond donors (Lipinski definition) is 2. The smallest absolute Gasteiger partial charge is 0.411 e. The molecule has 8 heteroatoms. The van der Waals surface area contributed by atoms with Gasteiger partial charge in [-0.1, -0.05) is 11.5 Å². The van der Waals surface area contributed by atoms with Gasteiger partial charge in [-0.05, 0) is 86.3 Å². The van der Waals surface area contributed by atoms with Gasteiger partial charge in [-0.2, -0.15) is 0 Å². The number of ether oxygens (including phenoxy) is 1. The first-order valence-electron chi connectivity index (χ1n) is 11.4. The second kappa shape index (κ2) is 7.22. The van der Waals surface area contributed by atoms with E-state index in [1.807, 2.05) is 57.7 Å². The van der Waals surface area contributed by atoms with Gasteiger partial charge in [-0.25, -0.2) is 9.78 Å². The summed E-state index contributed by atoms with van der Waals surface area (Å²) in [6.07, 6.45) is 1.62. The molecule has 3 atom stereocenters. The topological polar surface area (TPSA) is 87.7 Å². The van der Waals surface area contributed by atoms with Crippen molar-refractivity contribution in [3.05, 3.63) is 24.0 Å². The highest BCUT2D eigenvalue weighted by molar-refractivity contribution is 6.47. The summed E-state index contributed by atoms with van der Waals surface area (Å²) in [6, 6.07) is 5.73. The third kappa shape index (κ3) is 4.15. The maximum absolute atomic E-state index is 13.0. The molecule has 173 valence electrons. The van der Waals surface area contributed by atoms with Crippen LogP contribution in [-0.4, -0.2) is 55.9 Å². The maximum Gasteiger partial charge on any atom is 0.411 e. The van der Waals surface area contributed by atoms with E-state index < -0.39 is 16.8 Å². The lowest BCUT2D eigenvalue weighted by atomic mass is 9.82. The van der Waals surface area contributed by atoms with Crippen molar-refractivity contribution in [3.63, 3.8) is 0 Å². The first-order valence-corrected chi connectivity index (χ1v) is 11.4. The second-order valence-electron chi connectivity index (χ2n) is 11.6. The summed E-state index contributed by atoms with van der Waals surface area (Å²) in [5.74, 6) is 1.27. The van der Waals surface area contributed by atoms with E-state index in [9.17, 15) is 9.90 Å². The van der Waals surface area contributed by atoms with Crippen molar-refractivity contribution in [2.45, 2.75) is 96.6 Å². The number of H-pyrrole nitrogens is 1. The van der Waals surface area contributed by atoms with E-state index in [2.05, 4.69) is 11.9 Å². The Morgan fingerprint density at radius 2 is 1.94 bits per heavy atom. The quantitative estimate of drug-likeness (QED) is 0.690. The number of fused-ring (bicyclic) bond motifs is 2. The summed E-state index contributed by atoms with van der Waals surface area (Å²) in [7, 11) is 1.66. The molecule has 1 saturated carbocycles. The number of nitrogens with one attached hydrogen (secondary N) is 1. The fourth-order valence-corrected chi connectivity index (χ4v) is 4.32. The molecule has 0 spiro atoms. The number of hydrogen-bond acceptors (Lipinski definition) is 5. The molecule has 1 aliphatic carbocycles. The average Bonchev–Trinajstić information content (AvgIpc) is 2.98. The van der Waals surface area contributed by atoms with Crippen molar-refractivity contribution in [3.8, 4) is 0 Å². The highest BCUT2D eigenvalue weighted by Crippen LogP contribution is 2.62. The lowest BCUT2D eigenvalue weighted by Gasteiger charge is -2.37. The Morgan fingerprint density at radius 3 is 2.56 bits per heavy atom. The van der Waals surface area contributed by atoms with Crippen LogP contribution in [0.1, 0.15) is 80.1 Å². The van der Waals surface area contributed by atoms with Gasteiger partial charge in [0.2, 0.25) is 0 Å². The standard InChI is InChI=1S/C24H35BN3O4/c1-21(2,3)31-20(29)28-18(11-14-13-24(14,28)8)19-26-16-10-9-15(12-17(16)27-19)25-32-23(6,7)22(4,5)30/h9-10,12,14,18,30H,11,13H2,1-8H3,(H,26,27). The molecule has 2 heterocycles. The fraction of sp³-hybridized carbons (Fsp3) is 0.667. The van der Waals surface area contributed by atoms with Gasteiger partial charge in [0, 0.05) is 5.54 Å². The first-order chi connectivity index (χ1) is 14.6. The number of rotatable bonds is 5. The zero-order valence-electron chi connectivity index (χ0n) is 20.4. The van der Waals surface area contributed by atoms with Crippen molar-refractivity contribution in [2.75, 3.05) is 0 Å². The molecular formula is C24H35BN3O4. The van der Waals surface area contributed by atoms with Crippen LogP contribution < -0.4 is 5.46 Å². The summed E-state index contributed by atoms with van der Waals surface area (Å²) in [5.41, 5.74) is 0.175. The molecule has 2 N–H and O–H groups in total. The Balaban J connectivity index is 1.55. The van der Waals surface area contributed by atoms with Crippen molar-refractivity contribution in [1.82, 2.24) is 14.9 Å². The van der Waals surface area contributed by atoms with Crippen LogP contribution in [0.4, 0.5) is 4.79 Å². The van der Waals surface area contributed by atoms with E-state index in [0.29, 0.717) is 5.92 Å². The van der Waals surface area contributed by atoms with Crippen LogP contribution in [0.2, 0.25) is 0 Å². The van der Waals surface area contributed by atoms with E-state index in [4.69, 9.17) is 14.4 Å². The zero-order valence-corrected chi connectivity index (χ0v) is 20.4. The summed E-state index contributed by atoms with van der Waals surface area (Å²) in [6.45, 7) is 15.0. The van der Waals surface area contributed by atoms with Gasteiger partial charge in [-0.15, -0.1) is 0 Å². The Labute approximate surface area is 191 Å². The summed E-state index contributed by atoms with van der Waals surface area (Å²) >= 11 is 0. The van der Waals surface area contributed by atoms with Gasteiger partial charge in [0.25, 0.3) is 0 Å². The molecule has 7 nitrogen and oxygen atoms in total.